The van der Waals surface area contributed by atoms with E-state index in [0.29, 0.717) is 12.2 Å². The third-order valence-corrected chi connectivity index (χ3v) is 3.23. The van der Waals surface area contributed by atoms with Gasteiger partial charge in [0.25, 0.3) is 0 Å². The summed E-state index contributed by atoms with van der Waals surface area (Å²) in [6.45, 7) is 3.14. The average molecular weight is 238 g/mol. The van der Waals surface area contributed by atoms with E-state index in [-0.39, 0.29) is 18.0 Å². The largest absolute Gasteiger partial charge is 0.391 e. The van der Waals surface area contributed by atoms with Gasteiger partial charge in [-0.3, -0.25) is 0 Å². The number of benzene rings is 1. The van der Waals surface area contributed by atoms with E-state index in [0.717, 1.165) is 24.9 Å². The molecule has 1 aromatic rings. The van der Waals surface area contributed by atoms with Crippen LogP contribution in [-0.2, 0) is 0 Å². The first-order chi connectivity index (χ1) is 8.08. The van der Waals surface area contributed by atoms with Crippen LogP contribution >= 0.6 is 0 Å². The van der Waals surface area contributed by atoms with E-state index in [9.17, 15) is 9.50 Å². The number of aliphatic hydroxyl groups is 1. The van der Waals surface area contributed by atoms with Crippen molar-refractivity contribution in [3.8, 4) is 0 Å². The molecule has 1 aliphatic rings. The van der Waals surface area contributed by atoms with Crippen LogP contribution < -0.4 is 10.6 Å². The lowest BCUT2D eigenvalue weighted by atomic mass is 10.0. The van der Waals surface area contributed by atoms with Crippen molar-refractivity contribution < 1.29 is 9.50 Å². The molecule has 2 atom stereocenters. The Kier molecular flexibility index (Phi) is 3.64. The Hall–Kier alpha value is -1.13. The van der Waals surface area contributed by atoms with E-state index >= 15 is 0 Å². The molecule has 17 heavy (non-hydrogen) atoms. The summed E-state index contributed by atoms with van der Waals surface area (Å²) in [6, 6.07) is 4.93. The van der Waals surface area contributed by atoms with Gasteiger partial charge in [-0.15, -0.1) is 0 Å². The van der Waals surface area contributed by atoms with Crippen LogP contribution in [0.25, 0.3) is 0 Å². The van der Waals surface area contributed by atoms with Crippen LogP contribution in [0.5, 0.6) is 0 Å². The maximum absolute atomic E-state index is 13.9. The zero-order valence-corrected chi connectivity index (χ0v) is 10.1. The van der Waals surface area contributed by atoms with Crippen LogP contribution in [-0.4, -0.2) is 24.3 Å². The first-order valence-corrected chi connectivity index (χ1v) is 6.06. The van der Waals surface area contributed by atoms with E-state index in [1.54, 1.807) is 6.07 Å². The summed E-state index contributed by atoms with van der Waals surface area (Å²) >= 11 is 0. The van der Waals surface area contributed by atoms with Crippen LogP contribution in [0.2, 0.25) is 0 Å². The number of piperidine rings is 1. The smallest absolute Gasteiger partial charge is 0.146 e. The van der Waals surface area contributed by atoms with E-state index < -0.39 is 0 Å². The van der Waals surface area contributed by atoms with Crippen molar-refractivity contribution in [1.82, 2.24) is 0 Å². The maximum Gasteiger partial charge on any atom is 0.146 e. The molecule has 94 valence electrons. The SMILES string of the molecule is C[C@@H](N)c1ccc(N2CCCC(O)C2)c(F)c1. The van der Waals surface area contributed by atoms with Crippen molar-refractivity contribution in [3.05, 3.63) is 29.6 Å². The number of hydrogen-bond donors (Lipinski definition) is 2. The maximum atomic E-state index is 13.9. The predicted octanol–water partition coefficient (Wildman–Crippen LogP) is 1.81. The number of aliphatic hydroxyl groups excluding tert-OH is 1. The van der Waals surface area contributed by atoms with Gasteiger partial charge < -0.3 is 15.7 Å². The second-order valence-corrected chi connectivity index (χ2v) is 4.74. The summed E-state index contributed by atoms with van der Waals surface area (Å²) in [4.78, 5) is 1.90. The second-order valence-electron chi connectivity index (χ2n) is 4.74. The number of rotatable bonds is 2. The molecular formula is C13H19FN2O. The van der Waals surface area contributed by atoms with Crippen LogP contribution in [0.3, 0.4) is 0 Å². The number of nitrogens with two attached hydrogens (primary N) is 1. The van der Waals surface area contributed by atoms with Gasteiger partial charge in [0.1, 0.15) is 5.82 Å². The second kappa shape index (κ2) is 5.02. The van der Waals surface area contributed by atoms with E-state index in [4.69, 9.17) is 5.73 Å². The topological polar surface area (TPSA) is 49.5 Å². The average Bonchev–Trinajstić information content (AvgIpc) is 2.28. The summed E-state index contributed by atoms with van der Waals surface area (Å²) in [5.41, 5.74) is 7.07. The molecule has 0 bridgehead atoms. The molecule has 1 heterocycles. The van der Waals surface area contributed by atoms with Gasteiger partial charge in [-0.1, -0.05) is 6.07 Å². The fourth-order valence-corrected chi connectivity index (χ4v) is 2.24. The Morgan fingerprint density at radius 2 is 2.29 bits per heavy atom. The molecule has 0 amide bonds. The Bertz CT molecular complexity index is 395. The molecule has 4 heteroatoms. The molecule has 0 aromatic heterocycles. The highest BCUT2D eigenvalue weighted by Crippen LogP contribution is 2.25. The molecule has 3 N–H and O–H groups in total. The summed E-state index contributed by atoms with van der Waals surface area (Å²) in [7, 11) is 0. The molecule has 1 unspecified atom stereocenters. The van der Waals surface area contributed by atoms with E-state index in [1.165, 1.54) is 6.07 Å². The zero-order chi connectivity index (χ0) is 12.4. The highest BCUT2D eigenvalue weighted by Gasteiger charge is 2.20. The zero-order valence-electron chi connectivity index (χ0n) is 10.1. The van der Waals surface area contributed by atoms with Gasteiger partial charge in [-0.2, -0.15) is 0 Å². The molecule has 0 spiro atoms. The molecule has 0 radical (unpaired) electrons. The van der Waals surface area contributed by atoms with Crippen molar-refractivity contribution >= 4 is 5.69 Å². The summed E-state index contributed by atoms with van der Waals surface area (Å²) < 4.78 is 13.9. The Labute approximate surface area is 101 Å². The summed E-state index contributed by atoms with van der Waals surface area (Å²) in [6.07, 6.45) is 1.35. The van der Waals surface area contributed by atoms with Crippen molar-refractivity contribution in [1.29, 1.82) is 0 Å². The van der Waals surface area contributed by atoms with Crippen molar-refractivity contribution in [2.24, 2.45) is 5.73 Å². The monoisotopic (exact) mass is 238 g/mol. The summed E-state index contributed by atoms with van der Waals surface area (Å²) in [5.74, 6) is -0.256. The van der Waals surface area contributed by atoms with Crippen LogP contribution in [0.15, 0.2) is 18.2 Å². The van der Waals surface area contributed by atoms with Crippen molar-refractivity contribution in [2.45, 2.75) is 31.9 Å². The van der Waals surface area contributed by atoms with Crippen molar-refractivity contribution in [3.63, 3.8) is 0 Å². The lowest BCUT2D eigenvalue weighted by molar-refractivity contribution is 0.154. The molecule has 0 aliphatic carbocycles. The summed E-state index contributed by atoms with van der Waals surface area (Å²) in [5, 5.41) is 9.59. The lowest BCUT2D eigenvalue weighted by Crippen LogP contribution is -2.38. The molecule has 1 saturated heterocycles. The molecule has 2 rings (SSSR count). The van der Waals surface area contributed by atoms with Gasteiger partial charge in [0.2, 0.25) is 0 Å². The van der Waals surface area contributed by atoms with Crippen LogP contribution in [0, 0.1) is 5.82 Å². The number of β-amino-alcohol motifs (C(OH)–C–C–N with tert-alkyl or cyclic N) is 1. The van der Waals surface area contributed by atoms with Crippen molar-refractivity contribution in [2.75, 3.05) is 18.0 Å². The Balaban J connectivity index is 2.21. The first kappa shape index (κ1) is 12.3. The van der Waals surface area contributed by atoms with Gasteiger partial charge in [-0.25, -0.2) is 4.39 Å². The highest BCUT2D eigenvalue weighted by atomic mass is 19.1. The quantitative estimate of drug-likeness (QED) is 0.826. The number of anilines is 1. The fraction of sp³-hybridized carbons (Fsp3) is 0.538. The minimum Gasteiger partial charge on any atom is -0.391 e. The molecule has 0 saturated carbocycles. The molecule has 3 nitrogen and oxygen atoms in total. The van der Waals surface area contributed by atoms with Gasteiger partial charge in [0.15, 0.2) is 0 Å². The molecule has 1 aromatic carbocycles. The van der Waals surface area contributed by atoms with E-state index in [2.05, 4.69) is 0 Å². The van der Waals surface area contributed by atoms with Gasteiger partial charge in [0.05, 0.1) is 11.8 Å². The molecule has 1 aliphatic heterocycles. The van der Waals surface area contributed by atoms with Crippen LogP contribution in [0.4, 0.5) is 10.1 Å². The minimum atomic E-state index is -0.351. The van der Waals surface area contributed by atoms with Gasteiger partial charge in [0, 0.05) is 19.1 Å². The van der Waals surface area contributed by atoms with E-state index in [1.807, 2.05) is 17.9 Å². The third-order valence-electron chi connectivity index (χ3n) is 3.23. The third kappa shape index (κ3) is 2.76. The Morgan fingerprint density at radius 1 is 1.53 bits per heavy atom. The predicted molar refractivity (Wildman–Crippen MR) is 66.5 cm³/mol. The highest BCUT2D eigenvalue weighted by molar-refractivity contribution is 5.50. The fourth-order valence-electron chi connectivity index (χ4n) is 2.24. The van der Waals surface area contributed by atoms with Gasteiger partial charge in [-0.05, 0) is 37.5 Å². The Morgan fingerprint density at radius 3 is 2.88 bits per heavy atom. The van der Waals surface area contributed by atoms with Crippen LogP contribution in [0.1, 0.15) is 31.4 Å². The van der Waals surface area contributed by atoms with Gasteiger partial charge >= 0.3 is 0 Å². The molecular weight excluding hydrogens is 219 g/mol. The standard InChI is InChI=1S/C13H19FN2O/c1-9(15)10-4-5-13(12(14)7-10)16-6-2-3-11(17)8-16/h4-5,7,9,11,17H,2-3,6,8,15H2,1H3/t9-,11?/m1/s1. The lowest BCUT2D eigenvalue weighted by Gasteiger charge is -2.32. The first-order valence-electron chi connectivity index (χ1n) is 6.06. The normalized spacial score (nSPS) is 22.6. The molecule has 1 fully saturated rings. The number of nitrogens with zero attached hydrogens (tertiary/aromatic N) is 1. The number of halogens is 1. The number of hydrogen-bond acceptors (Lipinski definition) is 3. The minimum absolute atomic E-state index is 0.162.